The van der Waals surface area contributed by atoms with Gasteiger partial charge < -0.3 is 4.57 Å². The van der Waals surface area contributed by atoms with E-state index in [-0.39, 0.29) is 0 Å². The van der Waals surface area contributed by atoms with Crippen LogP contribution in [-0.4, -0.2) is 14.5 Å². The maximum atomic E-state index is 4.70. The molecule has 0 radical (unpaired) electrons. The Balaban J connectivity index is 2.20. The predicted molar refractivity (Wildman–Crippen MR) is 78.0 cm³/mol. The summed E-state index contributed by atoms with van der Waals surface area (Å²) in [7, 11) is 2.04. The van der Waals surface area contributed by atoms with E-state index in [1.165, 1.54) is 5.56 Å². The molecule has 0 aliphatic rings. The fourth-order valence-corrected chi connectivity index (χ4v) is 2.27. The normalized spacial score (nSPS) is 11.4. The molecule has 0 fully saturated rings. The highest BCUT2D eigenvalue weighted by Crippen LogP contribution is 2.25. The Bertz CT molecular complexity index is 711. The molecule has 0 amide bonds. The van der Waals surface area contributed by atoms with Gasteiger partial charge in [0.25, 0.3) is 0 Å². The standard InChI is InChI=1S/C16H17N3/c1-11(2)14-10-17-16-13(18-14)9-15(19(16)3)12-7-5-4-6-8-12/h4-11H,1-3H3. The second kappa shape index (κ2) is 4.50. The number of rotatable bonds is 2. The number of nitrogens with zero attached hydrogens (tertiary/aromatic N) is 3. The van der Waals surface area contributed by atoms with E-state index in [0.717, 1.165) is 22.6 Å². The zero-order chi connectivity index (χ0) is 13.4. The lowest BCUT2D eigenvalue weighted by Crippen LogP contribution is -1.97. The van der Waals surface area contributed by atoms with Gasteiger partial charge in [-0.2, -0.15) is 0 Å². The number of hydrogen-bond donors (Lipinski definition) is 0. The third kappa shape index (κ3) is 2.01. The summed E-state index contributed by atoms with van der Waals surface area (Å²) in [5.74, 6) is 0.400. The van der Waals surface area contributed by atoms with Gasteiger partial charge in [0.05, 0.1) is 17.6 Å². The summed E-state index contributed by atoms with van der Waals surface area (Å²) in [5, 5.41) is 0. The van der Waals surface area contributed by atoms with Crippen molar-refractivity contribution in [1.29, 1.82) is 0 Å². The molecule has 0 bridgehead atoms. The van der Waals surface area contributed by atoms with Crippen LogP contribution in [0.3, 0.4) is 0 Å². The Hall–Kier alpha value is -2.16. The van der Waals surface area contributed by atoms with Gasteiger partial charge in [-0.25, -0.2) is 9.97 Å². The third-order valence-electron chi connectivity index (χ3n) is 3.41. The van der Waals surface area contributed by atoms with Crippen molar-refractivity contribution in [3.05, 3.63) is 48.3 Å². The van der Waals surface area contributed by atoms with Gasteiger partial charge in [0, 0.05) is 7.05 Å². The molecule has 3 nitrogen and oxygen atoms in total. The predicted octanol–water partition coefficient (Wildman–Crippen LogP) is 3.76. The first-order valence-electron chi connectivity index (χ1n) is 6.54. The van der Waals surface area contributed by atoms with Crippen LogP contribution in [0.2, 0.25) is 0 Å². The van der Waals surface area contributed by atoms with Crippen molar-refractivity contribution < 1.29 is 0 Å². The number of fused-ring (bicyclic) bond motifs is 1. The SMILES string of the molecule is CC(C)c1cnc2c(cc(-c3ccccc3)n2C)n1. The van der Waals surface area contributed by atoms with Gasteiger partial charge in [0.2, 0.25) is 0 Å². The van der Waals surface area contributed by atoms with Crippen LogP contribution in [0.4, 0.5) is 0 Å². The van der Waals surface area contributed by atoms with Crippen molar-refractivity contribution in [2.45, 2.75) is 19.8 Å². The van der Waals surface area contributed by atoms with Crippen LogP contribution in [-0.2, 0) is 7.05 Å². The first-order chi connectivity index (χ1) is 9.16. The van der Waals surface area contributed by atoms with E-state index in [1.54, 1.807) is 0 Å². The van der Waals surface area contributed by atoms with E-state index in [4.69, 9.17) is 4.98 Å². The summed E-state index contributed by atoms with van der Waals surface area (Å²) in [6, 6.07) is 12.5. The Morgan fingerprint density at radius 1 is 1.11 bits per heavy atom. The summed E-state index contributed by atoms with van der Waals surface area (Å²) in [6.07, 6.45) is 1.88. The van der Waals surface area contributed by atoms with Crippen LogP contribution in [0, 0.1) is 0 Å². The highest BCUT2D eigenvalue weighted by atomic mass is 15.0. The largest absolute Gasteiger partial charge is 0.327 e. The Kier molecular flexibility index (Phi) is 2.82. The molecule has 1 aromatic carbocycles. The molecule has 2 heterocycles. The van der Waals surface area contributed by atoms with Gasteiger partial charge >= 0.3 is 0 Å². The van der Waals surface area contributed by atoms with Crippen LogP contribution < -0.4 is 0 Å². The molecular formula is C16H17N3. The lowest BCUT2D eigenvalue weighted by molar-refractivity contribution is 0.819. The van der Waals surface area contributed by atoms with E-state index in [0.29, 0.717) is 5.92 Å². The first-order valence-corrected chi connectivity index (χ1v) is 6.54. The molecule has 96 valence electrons. The van der Waals surface area contributed by atoms with Crippen LogP contribution in [0.5, 0.6) is 0 Å². The minimum absolute atomic E-state index is 0.400. The summed E-state index contributed by atoms with van der Waals surface area (Å²) in [6.45, 7) is 4.27. The smallest absolute Gasteiger partial charge is 0.158 e. The van der Waals surface area contributed by atoms with Crippen molar-refractivity contribution in [1.82, 2.24) is 14.5 Å². The van der Waals surface area contributed by atoms with Crippen LogP contribution in [0.25, 0.3) is 22.4 Å². The quantitative estimate of drug-likeness (QED) is 0.694. The molecule has 0 atom stereocenters. The topological polar surface area (TPSA) is 30.7 Å². The second-order valence-electron chi connectivity index (χ2n) is 5.11. The summed E-state index contributed by atoms with van der Waals surface area (Å²) in [4.78, 5) is 9.25. The van der Waals surface area contributed by atoms with E-state index in [2.05, 4.69) is 41.6 Å². The Morgan fingerprint density at radius 3 is 2.53 bits per heavy atom. The number of aromatic nitrogens is 3. The molecule has 3 heteroatoms. The lowest BCUT2D eigenvalue weighted by Gasteiger charge is -2.04. The van der Waals surface area contributed by atoms with Crippen LogP contribution in [0.1, 0.15) is 25.5 Å². The Labute approximate surface area is 112 Å². The molecule has 3 aromatic rings. The molecule has 3 rings (SSSR count). The van der Waals surface area contributed by atoms with E-state index in [1.807, 2.05) is 31.4 Å². The summed E-state index contributed by atoms with van der Waals surface area (Å²) >= 11 is 0. The maximum absolute atomic E-state index is 4.70. The number of aryl methyl sites for hydroxylation is 1. The number of hydrogen-bond acceptors (Lipinski definition) is 2. The van der Waals surface area contributed by atoms with Gasteiger partial charge in [0.1, 0.15) is 5.52 Å². The molecule has 2 aromatic heterocycles. The van der Waals surface area contributed by atoms with Crippen molar-refractivity contribution in [2.75, 3.05) is 0 Å². The van der Waals surface area contributed by atoms with Crippen molar-refractivity contribution in [2.24, 2.45) is 7.05 Å². The fourth-order valence-electron chi connectivity index (χ4n) is 2.27. The molecule has 0 saturated heterocycles. The van der Waals surface area contributed by atoms with Gasteiger partial charge in [0.15, 0.2) is 5.65 Å². The van der Waals surface area contributed by atoms with Gasteiger partial charge in [-0.15, -0.1) is 0 Å². The monoisotopic (exact) mass is 251 g/mol. The highest BCUT2D eigenvalue weighted by molar-refractivity contribution is 5.80. The van der Waals surface area contributed by atoms with E-state index >= 15 is 0 Å². The van der Waals surface area contributed by atoms with Crippen molar-refractivity contribution in [3.8, 4) is 11.3 Å². The van der Waals surface area contributed by atoms with Crippen LogP contribution in [0.15, 0.2) is 42.6 Å². The third-order valence-corrected chi connectivity index (χ3v) is 3.41. The molecular weight excluding hydrogens is 234 g/mol. The average molecular weight is 251 g/mol. The molecule has 19 heavy (non-hydrogen) atoms. The zero-order valence-electron chi connectivity index (χ0n) is 11.5. The van der Waals surface area contributed by atoms with Gasteiger partial charge in [-0.3, -0.25) is 0 Å². The number of benzene rings is 1. The van der Waals surface area contributed by atoms with Crippen LogP contribution >= 0.6 is 0 Å². The van der Waals surface area contributed by atoms with Crippen molar-refractivity contribution >= 4 is 11.2 Å². The zero-order valence-corrected chi connectivity index (χ0v) is 11.5. The average Bonchev–Trinajstić information content (AvgIpc) is 2.76. The van der Waals surface area contributed by atoms with Crippen molar-refractivity contribution in [3.63, 3.8) is 0 Å². The molecule has 0 N–H and O–H groups in total. The maximum Gasteiger partial charge on any atom is 0.158 e. The summed E-state index contributed by atoms with van der Waals surface area (Å²) in [5.41, 5.74) is 5.28. The minimum Gasteiger partial charge on any atom is -0.327 e. The molecule has 0 aliphatic heterocycles. The second-order valence-corrected chi connectivity index (χ2v) is 5.11. The molecule has 0 unspecified atom stereocenters. The van der Waals surface area contributed by atoms with Gasteiger partial charge in [-0.1, -0.05) is 44.2 Å². The molecule has 0 spiro atoms. The first kappa shape index (κ1) is 11.9. The molecule has 0 saturated carbocycles. The van der Waals surface area contributed by atoms with Gasteiger partial charge in [-0.05, 0) is 17.5 Å². The summed E-state index contributed by atoms with van der Waals surface area (Å²) < 4.78 is 2.10. The Morgan fingerprint density at radius 2 is 1.84 bits per heavy atom. The lowest BCUT2D eigenvalue weighted by atomic mass is 10.1. The fraction of sp³-hybridized carbons (Fsp3) is 0.250. The van der Waals surface area contributed by atoms with E-state index in [9.17, 15) is 0 Å². The molecule has 0 aliphatic carbocycles. The highest BCUT2D eigenvalue weighted by Gasteiger charge is 2.11. The minimum atomic E-state index is 0.400. The van der Waals surface area contributed by atoms with E-state index < -0.39 is 0 Å².